The van der Waals surface area contributed by atoms with Crippen molar-refractivity contribution in [3.05, 3.63) is 23.2 Å². The molecule has 126 valence electrons. The van der Waals surface area contributed by atoms with E-state index < -0.39 is 29.8 Å². The molecule has 9 heteroatoms. The van der Waals surface area contributed by atoms with Crippen molar-refractivity contribution < 1.29 is 23.9 Å². The number of nitrogens with zero attached hydrogens (tertiary/aromatic N) is 3. The molecule has 2 rings (SSSR count). The van der Waals surface area contributed by atoms with Gasteiger partial charge in [-0.3, -0.25) is 0 Å². The van der Waals surface area contributed by atoms with Crippen molar-refractivity contribution in [2.45, 2.75) is 45.4 Å². The highest BCUT2D eigenvalue weighted by Crippen LogP contribution is 2.22. The highest BCUT2D eigenvalue weighted by molar-refractivity contribution is 6.28. The minimum atomic E-state index is -0.832. The van der Waals surface area contributed by atoms with Crippen LogP contribution in [0.25, 0.3) is 0 Å². The topological polar surface area (TPSA) is 90.8 Å². The average Bonchev–Trinajstić information content (AvgIpc) is 2.78. The number of cyclic esters (lactones) is 1. The SMILES string of the molecule is C[C@@H](OC(C)(C)C)[C@H]1COC(=O)N1OC(=O)c1ccnc(Cl)n1. The predicted molar refractivity (Wildman–Crippen MR) is 79.7 cm³/mol. The largest absolute Gasteiger partial charge is 0.445 e. The summed E-state index contributed by atoms with van der Waals surface area (Å²) in [7, 11) is 0. The highest BCUT2D eigenvalue weighted by atomic mass is 35.5. The molecular weight excluding hydrogens is 326 g/mol. The molecule has 0 bridgehead atoms. The molecule has 0 unspecified atom stereocenters. The van der Waals surface area contributed by atoms with Gasteiger partial charge in [0.25, 0.3) is 0 Å². The van der Waals surface area contributed by atoms with Crippen LogP contribution in [0.15, 0.2) is 12.3 Å². The number of amides is 1. The average molecular weight is 344 g/mol. The van der Waals surface area contributed by atoms with E-state index in [0.717, 1.165) is 5.06 Å². The number of halogens is 1. The second-order valence-electron chi connectivity index (χ2n) is 6.00. The Bertz CT molecular complexity index is 604. The first-order chi connectivity index (χ1) is 10.7. The Balaban J connectivity index is 2.09. The Morgan fingerprint density at radius 3 is 2.83 bits per heavy atom. The van der Waals surface area contributed by atoms with Crippen LogP contribution in [0.4, 0.5) is 4.79 Å². The number of aromatic nitrogens is 2. The van der Waals surface area contributed by atoms with Crippen LogP contribution in [-0.4, -0.2) is 51.4 Å². The van der Waals surface area contributed by atoms with E-state index in [1.165, 1.54) is 12.3 Å². The lowest BCUT2D eigenvalue weighted by Crippen LogP contribution is -2.45. The maximum Gasteiger partial charge on any atom is 0.443 e. The summed E-state index contributed by atoms with van der Waals surface area (Å²) in [6, 6.07) is 0.780. The Labute approximate surface area is 138 Å². The molecule has 8 nitrogen and oxygen atoms in total. The summed E-state index contributed by atoms with van der Waals surface area (Å²) in [6.45, 7) is 7.51. The summed E-state index contributed by atoms with van der Waals surface area (Å²) in [5.41, 5.74) is -0.478. The van der Waals surface area contributed by atoms with Crippen LogP contribution in [0.2, 0.25) is 5.28 Å². The van der Waals surface area contributed by atoms with E-state index in [2.05, 4.69) is 9.97 Å². The maximum absolute atomic E-state index is 12.1. The number of hydrogen-bond donors (Lipinski definition) is 0. The fourth-order valence-electron chi connectivity index (χ4n) is 2.08. The molecular formula is C14H18ClN3O5. The number of carbonyl (C=O) groups excluding carboxylic acids is 2. The van der Waals surface area contributed by atoms with Crippen LogP contribution in [-0.2, 0) is 14.3 Å². The number of hydrogen-bond acceptors (Lipinski definition) is 7. The molecule has 1 amide bonds. The Morgan fingerprint density at radius 2 is 2.22 bits per heavy atom. The van der Waals surface area contributed by atoms with Crippen LogP contribution >= 0.6 is 11.6 Å². The minimum Gasteiger partial charge on any atom is -0.445 e. The van der Waals surface area contributed by atoms with Gasteiger partial charge in [0.15, 0.2) is 5.69 Å². The lowest BCUT2D eigenvalue weighted by Gasteiger charge is -2.30. The smallest absolute Gasteiger partial charge is 0.443 e. The molecule has 1 aromatic rings. The van der Waals surface area contributed by atoms with Gasteiger partial charge in [-0.25, -0.2) is 19.6 Å². The van der Waals surface area contributed by atoms with E-state index in [1.807, 2.05) is 20.8 Å². The van der Waals surface area contributed by atoms with Gasteiger partial charge in [0.2, 0.25) is 5.28 Å². The number of hydroxylamine groups is 2. The molecule has 1 aliphatic heterocycles. The summed E-state index contributed by atoms with van der Waals surface area (Å²) in [6.07, 6.45) is 0.160. The highest BCUT2D eigenvalue weighted by Gasteiger charge is 2.42. The van der Waals surface area contributed by atoms with Crippen molar-refractivity contribution in [2.24, 2.45) is 0 Å². The third-order valence-electron chi connectivity index (χ3n) is 2.96. The van der Waals surface area contributed by atoms with Crippen LogP contribution in [0.1, 0.15) is 38.2 Å². The zero-order valence-electron chi connectivity index (χ0n) is 13.3. The Hall–Kier alpha value is -1.93. The van der Waals surface area contributed by atoms with Crippen molar-refractivity contribution in [2.75, 3.05) is 6.61 Å². The molecule has 1 saturated heterocycles. The van der Waals surface area contributed by atoms with Crippen molar-refractivity contribution in [3.63, 3.8) is 0 Å². The van der Waals surface area contributed by atoms with Gasteiger partial charge < -0.3 is 14.3 Å². The number of rotatable bonds is 4. The Kier molecular flexibility index (Phi) is 5.06. The van der Waals surface area contributed by atoms with Crippen molar-refractivity contribution >= 4 is 23.7 Å². The summed E-state index contributed by atoms with van der Waals surface area (Å²) < 4.78 is 10.7. The van der Waals surface area contributed by atoms with Crippen molar-refractivity contribution in [3.8, 4) is 0 Å². The first-order valence-corrected chi connectivity index (χ1v) is 7.40. The van der Waals surface area contributed by atoms with E-state index >= 15 is 0 Å². The lowest BCUT2D eigenvalue weighted by atomic mass is 10.1. The van der Waals surface area contributed by atoms with Gasteiger partial charge in [0, 0.05) is 6.20 Å². The molecule has 2 heterocycles. The molecule has 1 aromatic heterocycles. The van der Waals surface area contributed by atoms with Crippen molar-refractivity contribution in [1.29, 1.82) is 0 Å². The quantitative estimate of drug-likeness (QED) is 0.774. The number of ether oxygens (including phenoxy) is 2. The van der Waals surface area contributed by atoms with Crippen LogP contribution in [0.5, 0.6) is 0 Å². The summed E-state index contributed by atoms with van der Waals surface area (Å²) in [5, 5.41) is 0.777. The van der Waals surface area contributed by atoms with Gasteiger partial charge in [0.1, 0.15) is 12.6 Å². The van der Waals surface area contributed by atoms with E-state index in [-0.39, 0.29) is 17.6 Å². The molecule has 1 aliphatic rings. The first-order valence-electron chi connectivity index (χ1n) is 7.02. The molecule has 0 aromatic carbocycles. The second-order valence-corrected chi connectivity index (χ2v) is 6.33. The second kappa shape index (κ2) is 6.67. The van der Waals surface area contributed by atoms with Gasteiger partial charge >= 0.3 is 12.1 Å². The van der Waals surface area contributed by atoms with E-state index in [1.54, 1.807) is 6.92 Å². The van der Waals surface area contributed by atoms with E-state index in [0.29, 0.717) is 0 Å². The molecule has 0 radical (unpaired) electrons. The molecule has 0 saturated carbocycles. The standard InChI is InChI=1S/C14H18ClN3O5/c1-8(22-14(2,3)4)10-7-21-13(20)18(10)23-11(19)9-5-6-16-12(15)17-9/h5-6,8,10H,7H2,1-4H3/t8-,10-/m1/s1. The van der Waals surface area contributed by atoms with Gasteiger partial charge in [-0.05, 0) is 45.4 Å². The molecule has 2 atom stereocenters. The van der Waals surface area contributed by atoms with Crippen LogP contribution < -0.4 is 0 Å². The lowest BCUT2D eigenvalue weighted by molar-refractivity contribution is -0.140. The van der Waals surface area contributed by atoms with Crippen LogP contribution in [0, 0.1) is 0 Å². The maximum atomic E-state index is 12.1. The third kappa shape index (κ3) is 4.52. The predicted octanol–water partition coefficient (Wildman–Crippen LogP) is 2.23. The summed E-state index contributed by atoms with van der Waals surface area (Å²) in [4.78, 5) is 36.4. The Morgan fingerprint density at radius 1 is 1.52 bits per heavy atom. The van der Waals surface area contributed by atoms with Crippen LogP contribution in [0.3, 0.4) is 0 Å². The van der Waals surface area contributed by atoms with Crippen molar-refractivity contribution in [1.82, 2.24) is 15.0 Å². The monoisotopic (exact) mass is 343 g/mol. The van der Waals surface area contributed by atoms with E-state index in [4.69, 9.17) is 25.9 Å². The molecule has 0 aliphatic carbocycles. The van der Waals surface area contributed by atoms with Gasteiger partial charge in [-0.1, -0.05) is 0 Å². The molecule has 23 heavy (non-hydrogen) atoms. The molecule has 0 spiro atoms. The first kappa shape index (κ1) is 17.4. The van der Waals surface area contributed by atoms with Gasteiger partial charge in [0.05, 0.1) is 11.7 Å². The molecule has 0 N–H and O–H groups in total. The third-order valence-corrected chi connectivity index (χ3v) is 3.14. The molecule has 1 fully saturated rings. The fraction of sp³-hybridized carbons (Fsp3) is 0.571. The summed E-state index contributed by atoms with van der Waals surface area (Å²) >= 11 is 5.63. The zero-order valence-corrected chi connectivity index (χ0v) is 14.0. The van der Waals surface area contributed by atoms with Gasteiger partial charge in [-0.2, -0.15) is 0 Å². The van der Waals surface area contributed by atoms with E-state index in [9.17, 15) is 9.59 Å². The zero-order chi connectivity index (χ0) is 17.2. The minimum absolute atomic E-state index is 0.0622. The van der Waals surface area contributed by atoms with Gasteiger partial charge in [-0.15, -0.1) is 5.06 Å². The normalized spacial score (nSPS) is 19.4. The number of carbonyl (C=O) groups is 2. The fourth-order valence-corrected chi connectivity index (χ4v) is 2.22. The summed E-state index contributed by atoms with van der Waals surface area (Å²) in [5.74, 6) is -0.832.